The van der Waals surface area contributed by atoms with E-state index in [4.69, 9.17) is 0 Å². The molecule has 1 aliphatic rings. The van der Waals surface area contributed by atoms with Gasteiger partial charge in [-0.3, -0.25) is 4.79 Å². The molecule has 1 rings (SSSR count). The summed E-state index contributed by atoms with van der Waals surface area (Å²) in [4.78, 5) is 13.3. The molecule has 11 heavy (non-hydrogen) atoms. The third-order valence-electron chi connectivity index (χ3n) is 1.81. The van der Waals surface area contributed by atoms with Crippen LogP contribution in [0.3, 0.4) is 0 Å². The van der Waals surface area contributed by atoms with Crippen LogP contribution < -0.4 is 5.32 Å². The van der Waals surface area contributed by atoms with Crippen LogP contribution in [0.25, 0.3) is 0 Å². The van der Waals surface area contributed by atoms with Gasteiger partial charge in [0.25, 0.3) is 0 Å². The Bertz CT molecular complexity index is 151. The first kappa shape index (κ1) is 8.87. The number of thioether (sulfide) groups is 1. The Kier molecular flexibility index (Phi) is 3.20. The molecule has 64 valence electrons. The number of carbonyl (C=O) groups is 1. The normalized spacial score (nSPS) is 26.5. The number of nitrogens with one attached hydrogen (secondary N) is 1. The number of carbonyl (C=O) groups excluding carboxylic acids is 1. The molecule has 1 atom stereocenters. The molecule has 3 nitrogen and oxygen atoms in total. The first-order chi connectivity index (χ1) is 5.24. The van der Waals surface area contributed by atoms with Crippen LogP contribution >= 0.6 is 11.8 Å². The van der Waals surface area contributed by atoms with Gasteiger partial charge in [0.1, 0.15) is 0 Å². The predicted octanol–water partition coefficient (Wildman–Crippen LogP) is -0.220. The van der Waals surface area contributed by atoms with Crippen molar-refractivity contribution in [3.05, 3.63) is 0 Å². The van der Waals surface area contributed by atoms with Gasteiger partial charge in [0.05, 0.1) is 5.25 Å². The zero-order valence-electron chi connectivity index (χ0n) is 6.96. The Balaban J connectivity index is 2.39. The predicted molar refractivity (Wildman–Crippen MR) is 47.8 cm³/mol. The zero-order chi connectivity index (χ0) is 8.27. The summed E-state index contributed by atoms with van der Waals surface area (Å²) in [6.45, 7) is 1.97. The summed E-state index contributed by atoms with van der Waals surface area (Å²) in [6.07, 6.45) is 0. The second-order valence-corrected chi connectivity index (χ2v) is 4.05. The average Bonchev–Trinajstić information content (AvgIpc) is 2.03. The summed E-state index contributed by atoms with van der Waals surface area (Å²) >= 11 is 1.75. The molecule has 0 aromatic heterocycles. The highest BCUT2D eigenvalue weighted by molar-refractivity contribution is 8.00. The van der Waals surface area contributed by atoms with Crippen LogP contribution in [0.5, 0.6) is 0 Å². The van der Waals surface area contributed by atoms with E-state index in [0.29, 0.717) is 0 Å². The highest BCUT2D eigenvalue weighted by Gasteiger charge is 2.22. The summed E-state index contributed by atoms with van der Waals surface area (Å²) in [7, 11) is 3.74. The first-order valence-electron chi connectivity index (χ1n) is 3.76. The quantitative estimate of drug-likeness (QED) is 0.596. The second-order valence-electron chi connectivity index (χ2n) is 2.74. The third-order valence-corrected chi connectivity index (χ3v) is 2.99. The van der Waals surface area contributed by atoms with Gasteiger partial charge in [0, 0.05) is 25.9 Å². The number of rotatable bonds is 1. The number of hydrogen-bond donors (Lipinski definition) is 1. The first-order valence-corrected chi connectivity index (χ1v) is 4.80. The Morgan fingerprint density at radius 2 is 2.45 bits per heavy atom. The van der Waals surface area contributed by atoms with E-state index in [0.717, 1.165) is 18.8 Å². The van der Waals surface area contributed by atoms with Crippen molar-refractivity contribution in [3.63, 3.8) is 0 Å². The van der Waals surface area contributed by atoms with Gasteiger partial charge in [-0.15, -0.1) is 11.8 Å². The van der Waals surface area contributed by atoms with E-state index in [1.807, 2.05) is 0 Å². The Hall–Kier alpha value is -0.220. The number of hydrogen-bond acceptors (Lipinski definition) is 3. The molecule has 0 saturated carbocycles. The van der Waals surface area contributed by atoms with Gasteiger partial charge < -0.3 is 10.2 Å². The van der Waals surface area contributed by atoms with Crippen molar-refractivity contribution in [2.24, 2.45) is 0 Å². The summed E-state index contributed by atoms with van der Waals surface area (Å²) in [6, 6.07) is 0. The third kappa shape index (κ3) is 2.38. The molecule has 1 unspecified atom stereocenters. The molecule has 0 aromatic rings. The molecule has 0 radical (unpaired) electrons. The summed E-state index contributed by atoms with van der Waals surface area (Å²) in [5, 5.41) is 2.81. The molecule has 1 amide bonds. The fraction of sp³-hybridized carbons (Fsp3) is 0.857. The van der Waals surface area contributed by atoms with Gasteiger partial charge in [0.15, 0.2) is 0 Å². The Morgan fingerprint density at radius 3 is 3.00 bits per heavy atom. The Labute approximate surface area is 71.5 Å². The molecule has 1 heterocycles. The van der Waals surface area contributed by atoms with Crippen molar-refractivity contribution in [1.82, 2.24) is 10.2 Å². The summed E-state index contributed by atoms with van der Waals surface area (Å²) < 4.78 is 0. The minimum absolute atomic E-state index is 0.138. The van der Waals surface area contributed by atoms with Crippen molar-refractivity contribution in [1.29, 1.82) is 0 Å². The lowest BCUT2D eigenvalue weighted by Crippen LogP contribution is -2.42. The van der Waals surface area contributed by atoms with Crippen LogP contribution in [0.4, 0.5) is 0 Å². The molecular weight excluding hydrogens is 160 g/mol. The summed E-state index contributed by atoms with van der Waals surface area (Å²) in [5.41, 5.74) is 0. The molecule has 1 N–H and O–H groups in total. The van der Waals surface area contributed by atoms with Gasteiger partial charge >= 0.3 is 0 Å². The van der Waals surface area contributed by atoms with Crippen LogP contribution in [-0.4, -0.2) is 49.0 Å². The topological polar surface area (TPSA) is 32.3 Å². The highest BCUT2D eigenvalue weighted by atomic mass is 32.2. The molecule has 0 aliphatic carbocycles. The van der Waals surface area contributed by atoms with Gasteiger partial charge in [-0.1, -0.05) is 0 Å². The molecule has 4 heteroatoms. The zero-order valence-corrected chi connectivity index (χ0v) is 7.78. The highest BCUT2D eigenvalue weighted by Crippen LogP contribution is 2.16. The number of amides is 1. The van der Waals surface area contributed by atoms with Crippen LogP contribution in [0.2, 0.25) is 0 Å². The number of nitrogens with zero attached hydrogens (tertiary/aromatic N) is 1. The minimum atomic E-state index is 0.138. The van der Waals surface area contributed by atoms with Gasteiger partial charge in [0.2, 0.25) is 5.91 Å². The average molecular weight is 174 g/mol. The SMILES string of the molecule is CNC(=O)C1CN(C)CCS1. The largest absolute Gasteiger partial charge is 0.358 e. The molecule has 1 saturated heterocycles. The van der Waals surface area contributed by atoms with Crippen molar-refractivity contribution in [3.8, 4) is 0 Å². The van der Waals surface area contributed by atoms with E-state index in [1.165, 1.54) is 0 Å². The Morgan fingerprint density at radius 1 is 1.73 bits per heavy atom. The second kappa shape index (κ2) is 3.97. The maximum Gasteiger partial charge on any atom is 0.234 e. The fourth-order valence-electron chi connectivity index (χ4n) is 1.10. The van der Waals surface area contributed by atoms with Crippen molar-refractivity contribution in [2.45, 2.75) is 5.25 Å². The molecule has 1 fully saturated rings. The van der Waals surface area contributed by atoms with Gasteiger partial charge in [-0.05, 0) is 7.05 Å². The molecule has 1 aliphatic heterocycles. The lowest BCUT2D eigenvalue weighted by molar-refractivity contribution is -0.120. The van der Waals surface area contributed by atoms with E-state index in [2.05, 4.69) is 17.3 Å². The van der Waals surface area contributed by atoms with Crippen molar-refractivity contribution < 1.29 is 4.79 Å². The van der Waals surface area contributed by atoms with Gasteiger partial charge in [-0.25, -0.2) is 0 Å². The monoisotopic (exact) mass is 174 g/mol. The van der Waals surface area contributed by atoms with E-state index in [9.17, 15) is 4.79 Å². The summed E-state index contributed by atoms with van der Waals surface area (Å²) in [5.74, 6) is 1.22. The molecule has 0 bridgehead atoms. The molecule has 0 aromatic carbocycles. The van der Waals surface area contributed by atoms with Crippen molar-refractivity contribution >= 4 is 17.7 Å². The standard InChI is InChI=1S/C7H14N2OS/c1-8-7(10)6-5-9(2)3-4-11-6/h6H,3-5H2,1-2H3,(H,8,10). The van der Waals surface area contributed by atoms with E-state index >= 15 is 0 Å². The maximum atomic E-state index is 11.2. The van der Waals surface area contributed by atoms with E-state index < -0.39 is 0 Å². The molecular formula is C7H14N2OS. The fourth-order valence-corrected chi connectivity index (χ4v) is 2.43. The van der Waals surface area contributed by atoms with Crippen LogP contribution in [0.1, 0.15) is 0 Å². The van der Waals surface area contributed by atoms with Crippen LogP contribution in [0.15, 0.2) is 0 Å². The van der Waals surface area contributed by atoms with Crippen LogP contribution in [-0.2, 0) is 4.79 Å². The lowest BCUT2D eigenvalue weighted by atomic mass is 10.3. The maximum absolute atomic E-state index is 11.2. The van der Waals surface area contributed by atoms with E-state index in [1.54, 1.807) is 18.8 Å². The van der Waals surface area contributed by atoms with Crippen molar-refractivity contribution in [2.75, 3.05) is 32.9 Å². The minimum Gasteiger partial charge on any atom is -0.358 e. The lowest BCUT2D eigenvalue weighted by Gasteiger charge is -2.27. The smallest absolute Gasteiger partial charge is 0.234 e. The van der Waals surface area contributed by atoms with E-state index in [-0.39, 0.29) is 11.2 Å². The molecule has 0 spiro atoms. The van der Waals surface area contributed by atoms with Crippen LogP contribution in [0, 0.1) is 0 Å². The van der Waals surface area contributed by atoms with Gasteiger partial charge in [-0.2, -0.15) is 0 Å².